The van der Waals surface area contributed by atoms with E-state index in [1.54, 1.807) is 0 Å². The van der Waals surface area contributed by atoms with Crippen molar-refractivity contribution in [1.82, 2.24) is 0 Å². The van der Waals surface area contributed by atoms with Crippen LogP contribution in [0.5, 0.6) is 0 Å². The van der Waals surface area contributed by atoms with E-state index >= 15 is 0 Å². The monoisotopic (exact) mass is 498 g/mol. The molecule has 2 aromatic rings. The van der Waals surface area contributed by atoms with E-state index in [0.717, 1.165) is 11.1 Å². The van der Waals surface area contributed by atoms with Crippen molar-refractivity contribution in [2.24, 2.45) is 16.8 Å². The molecule has 1 unspecified atom stereocenters. The number of carboxylic acid groups (broad SMARTS) is 2. The molecule has 9 heteroatoms. The molecule has 0 heterocycles. The van der Waals surface area contributed by atoms with Crippen molar-refractivity contribution in [2.45, 2.75) is 44.4 Å². The maximum absolute atomic E-state index is 11.3. The van der Waals surface area contributed by atoms with Crippen LogP contribution >= 0.6 is 0 Å². The Morgan fingerprint density at radius 1 is 1.00 bits per heavy atom. The molecule has 2 aromatic carbocycles. The van der Waals surface area contributed by atoms with E-state index in [-0.39, 0.29) is 11.6 Å². The maximum Gasteiger partial charge on any atom is 0.374 e. The Hall–Kier alpha value is -3.27. The summed E-state index contributed by atoms with van der Waals surface area (Å²) in [6, 6.07) is 19.0. The Balaban J connectivity index is 2.57. The third-order valence-corrected chi connectivity index (χ3v) is 10.9. The van der Waals surface area contributed by atoms with E-state index in [1.165, 1.54) is 6.21 Å². The fraction of sp³-hybridized carbons (Fsp3) is 0.346. The molecule has 0 amide bonds. The Morgan fingerprint density at radius 3 is 1.89 bits per heavy atom. The van der Waals surface area contributed by atoms with E-state index in [2.05, 4.69) is 39.0 Å². The zero-order valence-electron chi connectivity index (χ0n) is 20.8. The van der Waals surface area contributed by atoms with Gasteiger partial charge in [-0.3, -0.25) is 0 Å². The average molecular weight is 499 g/mol. The number of hydrogen-bond acceptors (Lipinski definition) is 6. The molecule has 0 saturated carbocycles. The van der Waals surface area contributed by atoms with Crippen LogP contribution in [-0.4, -0.2) is 43.3 Å². The predicted octanol–water partition coefficient (Wildman–Crippen LogP) is 4.58. The van der Waals surface area contributed by atoms with Crippen LogP contribution in [0.25, 0.3) is 0 Å². The largest absolute Gasteiger partial charge is 0.478 e. The van der Waals surface area contributed by atoms with Gasteiger partial charge in [0.25, 0.3) is 0 Å². The second kappa shape index (κ2) is 11.4. The van der Waals surface area contributed by atoms with Crippen LogP contribution < -0.4 is 5.73 Å². The first-order valence-corrected chi connectivity index (χ1v) is 14.1. The summed E-state index contributed by atoms with van der Waals surface area (Å²) in [4.78, 5) is 27.2. The summed E-state index contributed by atoms with van der Waals surface area (Å²) < 4.78 is 6.50. The van der Waals surface area contributed by atoms with Gasteiger partial charge in [0.15, 0.2) is 8.32 Å². The van der Waals surface area contributed by atoms with Crippen molar-refractivity contribution in [3.63, 3.8) is 0 Å². The second-order valence-electron chi connectivity index (χ2n) is 9.78. The fourth-order valence-corrected chi connectivity index (χ4v) is 4.26. The van der Waals surface area contributed by atoms with E-state index in [9.17, 15) is 14.7 Å². The third-order valence-electron chi connectivity index (χ3n) is 6.37. The molecule has 0 aromatic heterocycles. The van der Waals surface area contributed by atoms with Crippen LogP contribution in [0, 0.1) is 5.92 Å². The number of carbonyl (C=O) groups is 2. The highest BCUT2D eigenvalue weighted by molar-refractivity contribution is 6.74. The molecule has 0 saturated heterocycles. The Labute approximate surface area is 207 Å². The first-order valence-electron chi connectivity index (χ1n) is 11.2. The zero-order valence-corrected chi connectivity index (χ0v) is 21.8. The minimum atomic E-state index is -2.19. The van der Waals surface area contributed by atoms with Gasteiger partial charge in [0.2, 0.25) is 5.76 Å². The molecule has 35 heavy (non-hydrogen) atoms. The predicted molar refractivity (Wildman–Crippen MR) is 137 cm³/mol. The van der Waals surface area contributed by atoms with Crippen LogP contribution in [0.3, 0.4) is 0 Å². The molecule has 1 atom stereocenters. The second-order valence-corrected chi connectivity index (χ2v) is 14.6. The molecule has 0 spiro atoms. The van der Waals surface area contributed by atoms with Crippen LogP contribution in [0.4, 0.5) is 0 Å². The summed E-state index contributed by atoms with van der Waals surface area (Å²) in [6.45, 7) is 10.8. The van der Waals surface area contributed by atoms with Gasteiger partial charge in [-0.2, -0.15) is 0 Å². The van der Waals surface area contributed by atoms with Gasteiger partial charge in [-0.1, -0.05) is 86.6 Å². The number of aliphatic carboxylic acids is 2. The van der Waals surface area contributed by atoms with Gasteiger partial charge in [0.05, 0.1) is 17.8 Å². The van der Waals surface area contributed by atoms with E-state index in [0.29, 0.717) is 6.08 Å². The van der Waals surface area contributed by atoms with Crippen LogP contribution in [-0.2, 0) is 24.4 Å². The Kier molecular flexibility index (Phi) is 9.14. The molecule has 2 rings (SSSR count). The van der Waals surface area contributed by atoms with Crippen LogP contribution in [0.1, 0.15) is 31.9 Å². The molecular formula is C26H34N2O6Si. The molecule has 0 bridgehead atoms. The SMILES string of the molecule is CC(C)(C)[Si](C)(C)OCC(/C=N\OC(=CC(=O)O)C(=O)O)C(N)(c1ccccc1)c1ccccc1. The minimum Gasteiger partial charge on any atom is -0.478 e. The molecule has 4 N–H and O–H groups in total. The first kappa shape index (κ1) is 28.0. The molecule has 0 radical (unpaired) electrons. The Morgan fingerprint density at radius 2 is 1.49 bits per heavy atom. The number of nitrogens with two attached hydrogens (primary N) is 1. The number of hydrogen-bond donors (Lipinski definition) is 3. The maximum atomic E-state index is 11.3. The van der Waals surface area contributed by atoms with Gasteiger partial charge in [0.1, 0.15) is 0 Å². The summed E-state index contributed by atoms with van der Waals surface area (Å²) in [5.74, 6) is -4.41. The molecule has 0 fully saturated rings. The lowest BCUT2D eigenvalue weighted by Crippen LogP contribution is -2.50. The van der Waals surface area contributed by atoms with Gasteiger partial charge in [-0.25, -0.2) is 9.59 Å². The third kappa shape index (κ3) is 7.11. The number of nitrogens with zero attached hydrogens (tertiary/aromatic N) is 1. The van der Waals surface area contributed by atoms with Crippen LogP contribution in [0.15, 0.2) is 77.7 Å². The lowest BCUT2D eigenvalue weighted by Gasteiger charge is -2.41. The summed E-state index contributed by atoms with van der Waals surface area (Å²) in [5, 5.41) is 21.9. The summed E-state index contributed by atoms with van der Waals surface area (Å²) in [5.41, 5.74) is 7.66. The van der Waals surface area contributed by atoms with Gasteiger partial charge in [-0.05, 0) is 29.3 Å². The van der Waals surface area contributed by atoms with Gasteiger partial charge >= 0.3 is 11.9 Å². The molecule has 0 aliphatic heterocycles. The molecule has 0 aliphatic rings. The number of rotatable bonds is 11. The minimum absolute atomic E-state index is 0.0529. The van der Waals surface area contributed by atoms with E-state index in [1.807, 2.05) is 60.7 Å². The lowest BCUT2D eigenvalue weighted by atomic mass is 9.74. The van der Waals surface area contributed by atoms with E-state index in [4.69, 9.17) is 20.1 Å². The average Bonchev–Trinajstić information content (AvgIpc) is 2.80. The van der Waals surface area contributed by atoms with Gasteiger partial charge in [-0.15, -0.1) is 0 Å². The van der Waals surface area contributed by atoms with Crippen molar-refractivity contribution in [3.8, 4) is 0 Å². The number of carboxylic acids is 2. The normalized spacial score (nSPS) is 14.1. The first-order chi connectivity index (χ1) is 16.3. The van der Waals surface area contributed by atoms with Crippen molar-refractivity contribution >= 4 is 26.5 Å². The smallest absolute Gasteiger partial charge is 0.374 e. The van der Waals surface area contributed by atoms with Crippen molar-refractivity contribution in [1.29, 1.82) is 0 Å². The molecule has 0 aliphatic carbocycles. The quantitative estimate of drug-likeness (QED) is 0.136. The number of oxime groups is 1. The molecule has 188 valence electrons. The topological polar surface area (TPSA) is 131 Å². The van der Waals surface area contributed by atoms with Crippen LogP contribution in [0.2, 0.25) is 18.1 Å². The summed E-state index contributed by atoms with van der Waals surface area (Å²) >= 11 is 0. The van der Waals surface area contributed by atoms with Crippen molar-refractivity contribution in [2.75, 3.05) is 6.61 Å². The zero-order chi connectivity index (χ0) is 26.3. The van der Waals surface area contributed by atoms with Gasteiger partial charge in [0, 0.05) is 12.5 Å². The highest BCUT2D eigenvalue weighted by Crippen LogP contribution is 2.39. The summed E-state index contributed by atoms with van der Waals surface area (Å²) in [7, 11) is -2.19. The molecular weight excluding hydrogens is 464 g/mol. The lowest BCUT2D eigenvalue weighted by molar-refractivity contribution is -0.138. The highest BCUT2D eigenvalue weighted by Gasteiger charge is 2.42. The number of benzene rings is 2. The molecule has 8 nitrogen and oxygen atoms in total. The highest BCUT2D eigenvalue weighted by atomic mass is 28.4. The Bertz CT molecular complexity index is 1020. The van der Waals surface area contributed by atoms with Crippen molar-refractivity contribution < 1.29 is 29.1 Å². The van der Waals surface area contributed by atoms with Crippen molar-refractivity contribution in [3.05, 3.63) is 83.6 Å². The fourth-order valence-electron chi connectivity index (χ4n) is 3.23. The summed E-state index contributed by atoms with van der Waals surface area (Å²) in [6.07, 6.45) is 1.83. The van der Waals surface area contributed by atoms with E-state index < -0.39 is 37.5 Å². The van der Waals surface area contributed by atoms with Gasteiger partial charge < -0.3 is 25.2 Å². The standard InChI is InChI=1S/C26H34N2O6Si/c1-25(2,3)35(4,5)33-18-21(17-28-34-22(24(31)32)16-23(29)30)26(27,19-12-8-6-9-13-19)20-14-10-7-11-15-20/h6-17,21H,18,27H2,1-5H3,(H,29,30)(H,31,32)/b22-16?,28-17-.